The number of nitro groups is 1. The largest absolute Gasteiger partial charge is 0.312 e. The van der Waals surface area contributed by atoms with Crippen molar-refractivity contribution < 1.29 is 4.92 Å². The lowest BCUT2D eigenvalue weighted by molar-refractivity contribution is -0.386. The quantitative estimate of drug-likeness (QED) is 0.332. The van der Waals surface area contributed by atoms with Crippen LogP contribution in [-0.4, -0.2) is 39.3 Å². The predicted molar refractivity (Wildman–Crippen MR) is 108 cm³/mol. The maximum Gasteiger partial charge on any atom is 0.312 e. The molecule has 0 bridgehead atoms. The maximum atomic E-state index is 11.2. The van der Waals surface area contributed by atoms with Gasteiger partial charge in [-0.05, 0) is 39.3 Å². The van der Waals surface area contributed by atoms with Crippen molar-refractivity contribution in [1.29, 1.82) is 0 Å². The Hall–Kier alpha value is -3.47. The number of nitrogens with zero attached hydrogens (tertiary/aromatic N) is 8. The lowest BCUT2D eigenvalue weighted by Gasteiger charge is -1.98. The lowest BCUT2D eigenvalue weighted by atomic mass is 10.1. The molecule has 0 unspecified atom stereocenters. The molecule has 0 aliphatic rings. The summed E-state index contributed by atoms with van der Waals surface area (Å²) in [5, 5.41) is 21.0. The van der Waals surface area contributed by atoms with Gasteiger partial charge in [0.25, 0.3) is 0 Å². The smallest absolute Gasteiger partial charge is 0.258 e. The van der Waals surface area contributed by atoms with Crippen LogP contribution in [0.5, 0.6) is 0 Å². The molecule has 0 aromatic carbocycles. The molecular weight excluding hydrogens is 392 g/mol. The van der Waals surface area contributed by atoms with Gasteiger partial charge < -0.3 is 0 Å². The predicted octanol–water partition coefficient (Wildman–Crippen LogP) is 3.27. The fourth-order valence-corrected chi connectivity index (χ4v) is 4.94. The van der Waals surface area contributed by atoms with Gasteiger partial charge in [0, 0.05) is 11.1 Å². The van der Waals surface area contributed by atoms with Crippen molar-refractivity contribution in [2.24, 2.45) is 0 Å². The lowest BCUT2D eigenvalue weighted by Crippen LogP contribution is -2.06. The molecule has 0 saturated carbocycles. The highest BCUT2D eigenvalue weighted by Gasteiger charge is 2.23. The highest BCUT2D eigenvalue weighted by molar-refractivity contribution is 7.26. The summed E-state index contributed by atoms with van der Waals surface area (Å²) in [5.41, 5.74) is 4.54. The van der Waals surface area contributed by atoms with E-state index in [0.717, 1.165) is 31.7 Å². The van der Waals surface area contributed by atoms with Gasteiger partial charge in [0.05, 0.1) is 10.4 Å². The second-order valence-electron chi connectivity index (χ2n) is 7.02. The molecule has 0 spiro atoms. The van der Waals surface area contributed by atoms with Crippen LogP contribution in [0.15, 0.2) is 12.4 Å². The summed E-state index contributed by atoms with van der Waals surface area (Å²) < 4.78 is 4.11. The van der Waals surface area contributed by atoms with Crippen LogP contribution in [0.3, 0.4) is 0 Å². The summed E-state index contributed by atoms with van der Waals surface area (Å²) in [6.45, 7) is 7.57. The number of pyridine rings is 1. The molecule has 5 aromatic rings. The normalized spacial score (nSPS) is 11.9. The Labute approximate surface area is 168 Å². The summed E-state index contributed by atoms with van der Waals surface area (Å²) in [6.07, 6.45) is 1.64. The molecule has 146 valence electrons. The highest BCUT2D eigenvalue weighted by atomic mass is 32.1. The highest BCUT2D eigenvalue weighted by Crippen LogP contribution is 2.35. The number of hydrogen-bond acceptors (Lipinski definition) is 8. The SMILES string of the molecule is Cc1cc(C)c2c(n1)sc1c2ncn2nc(Cn3nc(C)c([N+](=O)[O-])c3C)nc12. The van der Waals surface area contributed by atoms with Crippen LogP contribution >= 0.6 is 11.3 Å². The monoisotopic (exact) mass is 408 g/mol. The van der Waals surface area contributed by atoms with Crippen molar-refractivity contribution in [3.05, 3.63) is 51.0 Å². The van der Waals surface area contributed by atoms with Crippen molar-refractivity contribution in [3.63, 3.8) is 0 Å². The van der Waals surface area contributed by atoms with E-state index >= 15 is 0 Å². The zero-order valence-electron chi connectivity index (χ0n) is 16.2. The fraction of sp³-hybridized carbons (Fsp3) is 0.278. The molecule has 5 aromatic heterocycles. The third kappa shape index (κ3) is 2.58. The second kappa shape index (κ2) is 6.01. The summed E-state index contributed by atoms with van der Waals surface area (Å²) >= 11 is 1.54. The summed E-state index contributed by atoms with van der Waals surface area (Å²) in [4.78, 5) is 25.7. The Kier molecular flexibility index (Phi) is 3.65. The molecule has 11 heteroatoms. The summed E-state index contributed by atoms with van der Waals surface area (Å²) in [5.74, 6) is 0.512. The van der Waals surface area contributed by atoms with Gasteiger partial charge in [-0.25, -0.2) is 19.5 Å². The number of aryl methyl sites for hydroxylation is 3. The molecule has 5 heterocycles. The second-order valence-corrected chi connectivity index (χ2v) is 8.01. The maximum absolute atomic E-state index is 11.2. The van der Waals surface area contributed by atoms with Gasteiger partial charge in [-0.2, -0.15) is 5.10 Å². The van der Waals surface area contributed by atoms with Crippen molar-refractivity contribution >= 4 is 43.1 Å². The molecule has 10 nitrogen and oxygen atoms in total. The van der Waals surface area contributed by atoms with Crippen LogP contribution in [0.2, 0.25) is 0 Å². The third-order valence-electron chi connectivity index (χ3n) is 4.95. The van der Waals surface area contributed by atoms with Gasteiger partial charge in [0.15, 0.2) is 11.5 Å². The minimum absolute atomic E-state index is 0.0271. The molecular formula is C18H16N8O2S. The number of thiophene rings is 1. The molecule has 0 aliphatic heterocycles. The van der Waals surface area contributed by atoms with E-state index in [-0.39, 0.29) is 12.2 Å². The molecule has 0 aliphatic carbocycles. The Bertz CT molecular complexity index is 1460. The van der Waals surface area contributed by atoms with Crippen molar-refractivity contribution in [2.45, 2.75) is 34.2 Å². The zero-order chi connectivity index (χ0) is 20.4. The van der Waals surface area contributed by atoms with Crippen LogP contribution in [0.1, 0.15) is 28.5 Å². The number of fused-ring (bicyclic) bond motifs is 5. The average Bonchev–Trinajstić information content (AvgIpc) is 3.27. The van der Waals surface area contributed by atoms with Crippen LogP contribution in [0.25, 0.3) is 26.1 Å². The number of rotatable bonds is 3. The van der Waals surface area contributed by atoms with Gasteiger partial charge in [0.1, 0.15) is 33.8 Å². The minimum atomic E-state index is -0.409. The van der Waals surface area contributed by atoms with Crippen molar-refractivity contribution in [2.75, 3.05) is 0 Å². The Morgan fingerprint density at radius 2 is 1.97 bits per heavy atom. The first kappa shape index (κ1) is 17.6. The van der Waals surface area contributed by atoms with E-state index in [0.29, 0.717) is 22.9 Å². The van der Waals surface area contributed by atoms with E-state index in [1.807, 2.05) is 13.0 Å². The van der Waals surface area contributed by atoms with Gasteiger partial charge in [-0.3, -0.25) is 14.8 Å². The van der Waals surface area contributed by atoms with Crippen LogP contribution < -0.4 is 0 Å². The molecule has 5 rings (SSSR count). The van der Waals surface area contributed by atoms with Gasteiger partial charge in [0.2, 0.25) is 0 Å². The Balaban J connectivity index is 1.66. The molecule has 0 amide bonds. The number of aromatic nitrogens is 7. The van der Waals surface area contributed by atoms with E-state index in [9.17, 15) is 10.1 Å². The Morgan fingerprint density at radius 3 is 2.69 bits per heavy atom. The van der Waals surface area contributed by atoms with Gasteiger partial charge >= 0.3 is 5.69 Å². The topological polar surface area (TPSA) is 117 Å². The first-order chi connectivity index (χ1) is 13.8. The molecule has 0 atom stereocenters. The molecule has 0 N–H and O–H groups in total. The van der Waals surface area contributed by atoms with Crippen LogP contribution in [0.4, 0.5) is 5.69 Å². The van der Waals surface area contributed by atoms with Crippen molar-refractivity contribution in [1.82, 2.24) is 34.3 Å². The summed E-state index contributed by atoms with van der Waals surface area (Å²) in [6, 6.07) is 2.05. The number of hydrogen-bond donors (Lipinski definition) is 0. The first-order valence-corrected chi connectivity index (χ1v) is 9.74. The third-order valence-corrected chi connectivity index (χ3v) is 6.02. The van der Waals surface area contributed by atoms with Crippen LogP contribution in [-0.2, 0) is 6.54 Å². The molecule has 29 heavy (non-hydrogen) atoms. The average molecular weight is 408 g/mol. The van der Waals surface area contributed by atoms with Crippen LogP contribution in [0, 0.1) is 37.8 Å². The standard InChI is InChI=1S/C18H16N8O2S/c1-8-5-9(2)20-18-13(8)14-16(29-18)17-21-12(23-25(17)7-19-14)6-24-11(4)15(26(27)28)10(3)22-24/h5,7H,6H2,1-4H3. The summed E-state index contributed by atoms with van der Waals surface area (Å²) in [7, 11) is 0. The molecule has 0 radical (unpaired) electrons. The molecule has 0 fully saturated rings. The first-order valence-electron chi connectivity index (χ1n) is 8.92. The van der Waals surface area contributed by atoms with E-state index < -0.39 is 4.92 Å². The van der Waals surface area contributed by atoms with Crippen molar-refractivity contribution in [3.8, 4) is 0 Å². The molecule has 0 saturated heterocycles. The zero-order valence-corrected chi connectivity index (χ0v) is 17.0. The van der Waals surface area contributed by atoms with E-state index in [1.165, 1.54) is 0 Å². The minimum Gasteiger partial charge on any atom is -0.258 e. The van der Waals surface area contributed by atoms with Gasteiger partial charge in [-0.1, -0.05) is 0 Å². The van der Waals surface area contributed by atoms with Gasteiger partial charge in [-0.15, -0.1) is 16.4 Å². The van der Waals surface area contributed by atoms with E-state index in [4.69, 9.17) is 0 Å². The van der Waals surface area contributed by atoms with E-state index in [2.05, 4.69) is 32.1 Å². The fourth-order valence-electron chi connectivity index (χ4n) is 3.72. The van der Waals surface area contributed by atoms with E-state index in [1.54, 1.807) is 40.7 Å². The Morgan fingerprint density at radius 1 is 1.17 bits per heavy atom.